The molecule has 0 bridgehead atoms. The molecule has 0 aliphatic carbocycles. The van der Waals surface area contributed by atoms with Crippen molar-refractivity contribution in [1.82, 2.24) is 15.6 Å². The van der Waals surface area contributed by atoms with Gasteiger partial charge in [0.25, 0.3) is 5.91 Å². The van der Waals surface area contributed by atoms with Gasteiger partial charge in [-0.05, 0) is 70.0 Å². The van der Waals surface area contributed by atoms with E-state index in [0.29, 0.717) is 16.3 Å². The number of thiophene rings is 1. The van der Waals surface area contributed by atoms with Crippen LogP contribution in [0.15, 0.2) is 30.5 Å². The van der Waals surface area contributed by atoms with Crippen molar-refractivity contribution in [3.05, 3.63) is 40.9 Å². The van der Waals surface area contributed by atoms with E-state index in [9.17, 15) is 9.59 Å². The molecule has 8 nitrogen and oxygen atoms in total. The van der Waals surface area contributed by atoms with Crippen molar-refractivity contribution in [2.75, 3.05) is 23.3 Å². The van der Waals surface area contributed by atoms with Gasteiger partial charge in [0.15, 0.2) is 0 Å². The Hall–Kier alpha value is -3.17. The van der Waals surface area contributed by atoms with Crippen LogP contribution in [0.1, 0.15) is 41.9 Å². The Balaban J connectivity index is 1.53. The summed E-state index contributed by atoms with van der Waals surface area (Å²) < 4.78 is 5.79. The van der Waals surface area contributed by atoms with E-state index in [1.165, 1.54) is 11.3 Å². The maximum absolute atomic E-state index is 13.3. The summed E-state index contributed by atoms with van der Waals surface area (Å²) in [7, 11) is 0. The van der Waals surface area contributed by atoms with E-state index in [4.69, 9.17) is 4.74 Å². The molecule has 3 amide bonds. The first-order valence-electron chi connectivity index (χ1n) is 11.2. The van der Waals surface area contributed by atoms with Gasteiger partial charge in [-0.3, -0.25) is 9.69 Å². The Morgan fingerprint density at radius 3 is 2.88 bits per heavy atom. The molecule has 0 radical (unpaired) electrons. The number of aryl methyl sites for hydroxylation is 1. The van der Waals surface area contributed by atoms with Gasteiger partial charge in [-0.15, -0.1) is 11.3 Å². The quantitative estimate of drug-likeness (QED) is 0.514. The number of rotatable bonds is 5. The van der Waals surface area contributed by atoms with Crippen molar-refractivity contribution in [2.24, 2.45) is 0 Å². The highest BCUT2D eigenvalue weighted by Crippen LogP contribution is 2.46. The Morgan fingerprint density at radius 1 is 1.30 bits per heavy atom. The smallest absolute Gasteiger partial charge is 0.331 e. The van der Waals surface area contributed by atoms with E-state index in [0.717, 1.165) is 53.1 Å². The van der Waals surface area contributed by atoms with E-state index >= 15 is 0 Å². The van der Waals surface area contributed by atoms with Gasteiger partial charge >= 0.3 is 6.03 Å². The summed E-state index contributed by atoms with van der Waals surface area (Å²) in [6.07, 6.45) is 3.72. The number of hydrogen-bond donors (Lipinski definition) is 3. The number of piperidine rings is 1. The molecule has 3 aromatic rings. The molecule has 9 heteroatoms. The summed E-state index contributed by atoms with van der Waals surface area (Å²) in [5, 5.41) is 10.2. The van der Waals surface area contributed by atoms with Gasteiger partial charge in [0.1, 0.15) is 15.5 Å². The molecule has 4 heterocycles. The van der Waals surface area contributed by atoms with Crippen molar-refractivity contribution >= 4 is 50.6 Å². The molecule has 0 saturated carbocycles. The van der Waals surface area contributed by atoms with E-state index in [1.54, 1.807) is 11.1 Å². The molecular weight excluding hydrogens is 438 g/mol. The van der Waals surface area contributed by atoms with Crippen LogP contribution in [0.5, 0.6) is 5.75 Å². The molecule has 172 valence electrons. The molecule has 1 fully saturated rings. The average Bonchev–Trinajstić information content (AvgIpc) is 3.15. The zero-order valence-corrected chi connectivity index (χ0v) is 19.7. The highest BCUT2D eigenvalue weighted by Gasteiger charge is 2.33. The Morgan fingerprint density at radius 2 is 2.15 bits per heavy atom. The summed E-state index contributed by atoms with van der Waals surface area (Å²) in [5.74, 6) is 0.587. The highest BCUT2D eigenvalue weighted by atomic mass is 32.1. The number of hydrogen-bond acceptors (Lipinski definition) is 6. The minimum atomic E-state index is -0.303. The van der Waals surface area contributed by atoms with Gasteiger partial charge in [0, 0.05) is 18.8 Å². The number of carbonyl (C=O) groups excluding carboxylic acids is 2. The predicted octanol–water partition coefficient (Wildman–Crippen LogP) is 4.56. The Bertz CT molecular complexity index is 1230. The van der Waals surface area contributed by atoms with Crippen LogP contribution in [0.4, 0.5) is 21.9 Å². The zero-order valence-electron chi connectivity index (χ0n) is 18.9. The number of urea groups is 1. The molecule has 2 aliphatic rings. The first-order valence-corrected chi connectivity index (χ1v) is 12.1. The lowest BCUT2D eigenvalue weighted by Gasteiger charge is -2.30. The average molecular weight is 466 g/mol. The molecule has 5 rings (SSSR count). The van der Waals surface area contributed by atoms with Crippen molar-refractivity contribution in [3.8, 4) is 5.75 Å². The topological polar surface area (TPSA) is 95.6 Å². The number of anilines is 3. The summed E-state index contributed by atoms with van der Waals surface area (Å²) in [6.45, 7) is 7.64. The second-order valence-electron chi connectivity index (χ2n) is 8.71. The summed E-state index contributed by atoms with van der Waals surface area (Å²) in [4.78, 5) is 33.7. The largest absolute Gasteiger partial charge is 0.491 e. The predicted molar refractivity (Wildman–Crippen MR) is 131 cm³/mol. The second kappa shape index (κ2) is 8.64. The number of nitrogens with one attached hydrogen (secondary N) is 3. The van der Waals surface area contributed by atoms with Crippen molar-refractivity contribution in [2.45, 2.75) is 45.8 Å². The highest BCUT2D eigenvalue weighted by molar-refractivity contribution is 7.21. The minimum absolute atomic E-state index is 0.0654. The zero-order chi connectivity index (χ0) is 23.1. The molecule has 3 N–H and O–H groups in total. The molecule has 0 spiro atoms. The van der Waals surface area contributed by atoms with Crippen LogP contribution in [0.2, 0.25) is 0 Å². The lowest BCUT2D eigenvalue weighted by Crippen LogP contribution is -2.45. The van der Waals surface area contributed by atoms with E-state index in [-0.39, 0.29) is 24.1 Å². The lowest BCUT2D eigenvalue weighted by molar-refractivity contribution is 0.0935. The third-order valence-electron chi connectivity index (χ3n) is 5.87. The molecule has 0 unspecified atom stereocenters. The SMILES string of the molecule is Cc1cc(OC(C)C)ccc1N1C(=O)Nc2c(C(=O)N[C@@H]3CCCNC3)sc3nccc1c23. The van der Waals surface area contributed by atoms with E-state index in [1.807, 2.05) is 45.0 Å². The fraction of sp³-hybridized carbons (Fsp3) is 0.375. The van der Waals surface area contributed by atoms with Crippen LogP contribution in [-0.4, -0.2) is 42.2 Å². The maximum atomic E-state index is 13.3. The minimum Gasteiger partial charge on any atom is -0.491 e. The van der Waals surface area contributed by atoms with Crippen LogP contribution < -0.4 is 25.6 Å². The van der Waals surface area contributed by atoms with Crippen molar-refractivity contribution in [1.29, 1.82) is 0 Å². The van der Waals surface area contributed by atoms with Gasteiger partial charge in [0.2, 0.25) is 0 Å². The van der Waals surface area contributed by atoms with E-state index < -0.39 is 0 Å². The van der Waals surface area contributed by atoms with E-state index in [2.05, 4.69) is 20.9 Å². The first-order chi connectivity index (χ1) is 15.9. The van der Waals surface area contributed by atoms with Crippen molar-refractivity contribution < 1.29 is 14.3 Å². The number of aromatic nitrogens is 1. The van der Waals surface area contributed by atoms with Crippen LogP contribution in [0, 0.1) is 6.92 Å². The van der Waals surface area contributed by atoms with Gasteiger partial charge in [-0.2, -0.15) is 0 Å². The number of carbonyl (C=O) groups is 2. The van der Waals surface area contributed by atoms with Gasteiger partial charge in [-0.1, -0.05) is 0 Å². The molecule has 2 aliphatic heterocycles. The number of nitrogens with zero attached hydrogens (tertiary/aromatic N) is 2. The van der Waals surface area contributed by atoms with Crippen molar-refractivity contribution in [3.63, 3.8) is 0 Å². The number of benzene rings is 1. The molecule has 1 aromatic carbocycles. The van der Waals surface area contributed by atoms with Crippen LogP contribution in [0.25, 0.3) is 10.2 Å². The standard InChI is InChI=1S/C24H27N5O3S/c1-13(2)32-16-6-7-17(14(3)11-16)29-18-8-10-26-23-19(18)20(28-24(29)31)21(33-23)22(30)27-15-5-4-9-25-12-15/h6-8,10-11,13,15,25H,4-5,9,12H2,1-3H3,(H,27,30)(H,28,31)/t15-/m1/s1. The Kier molecular flexibility index (Phi) is 5.67. The monoisotopic (exact) mass is 465 g/mol. The van der Waals surface area contributed by atoms with Crippen LogP contribution in [0.3, 0.4) is 0 Å². The fourth-order valence-electron chi connectivity index (χ4n) is 4.43. The second-order valence-corrected chi connectivity index (χ2v) is 9.71. The summed E-state index contributed by atoms with van der Waals surface area (Å²) in [5.41, 5.74) is 2.92. The fourth-order valence-corrected chi connectivity index (χ4v) is 5.46. The van der Waals surface area contributed by atoms with Crippen LogP contribution in [-0.2, 0) is 0 Å². The third kappa shape index (κ3) is 4.02. The van der Waals surface area contributed by atoms with Gasteiger partial charge in [-0.25, -0.2) is 9.78 Å². The third-order valence-corrected chi connectivity index (χ3v) is 6.96. The maximum Gasteiger partial charge on any atom is 0.331 e. The summed E-state index contributed by atoms with van der Waals surface area (Å²) in [6, 6.07) is 7.29. The molecule has 33 heavy (non-hydrogen) atoms. The molecule has 1 saturated heterocycles. The summed E-state index contributed by atoms with van der Waals surface area (Å²) >= 11 is 1.31. The number of pyridine rings is 1. The number of amides is 3. The van der Waals surface area contributed by atoms with Gasteiger partial charge in [0.05, 0.1) is 28.6 Å². The molecule has 2 aromatic heterocycles. The number of ether oxygens (including phenoxy) is 1. The van der Waals surface area contributed by atoms with Gasteiger partial charge < -0.3 is 20.7 Å². The molecule has 1 atom stereocenters. The normalized spacial score (nSPS) is 17.9. The first kappa shape index (κ1) is 21.7. The molecular formula is C24H27N5O3S. The lowest BCUT2D eigenvalue weighted by atomic mass is 10.1. The van der Waals surface area contributed by atoms with Crippen LogP contribution >= 0.6 is 11.3 Å². The Labute approximate surface area is 196 Å².